The van der Waals surface area contributed by atoms with Crippen LogP contribution in [0.2, 0.25) is 5.02 Å². The van der Waals surface area contributed by atoms with Crippen LogP contribution in [0.15, 0.2) is 47.0 Å². The average Bonchev–Trinajstić information content (AvgIpc) is 2.83. The quantitative estimate of drug-likeness (QED) is 0.623. The summed E-state index contributed by atoms with van der Waals surface area (Å²) in [6.45, 7) is 0. The fourth-order valence-corrected chi connectivity index (χ4v) is 2.65. The van der Waals surface area contributed by atoms with Gasteiger partial charge in [0.15, 0.2) is 5.58 Å². The maximum atomic E-state index is 5.91. The molecule has 0 atom stereocenters. The number of nitrogens with zero attached hydrogens (tertiary/aromatic N) is 1. The van der Waals surface area contributed by atoms with Crippen LogP contribution < -0.4 is 0 Å². The molecule has 0 aliphatic carbocycles. The minimum atomic E-state index is 0.719. The SMILES string of the molecule is Clc1ccc(-c2noc3ccc(CCBr)cc23)cc1. The lowest BCUT2D eigenvalue weighted by molar-refractivity contribution is 0.459. The second kappa shape index (κ2) is 5.35. The van der Waals surface area contributed by atoms with Gasteiger partial charge in [0.05, 0.1) is 0 Å². The molecule has 3 aromatic rings. The summed E-state index contributed by atoms with van der Waals surface area (Å²) < 4.78 is 5.37. The summed E-state index contributed by atoms with van der Waals surface area (Å²) >= 11 is 9.37. The second-order valence-corrected chi connectivity index (χ2v) is 5.54. The first kappa shape index (κ1) is 12.7. The number of fused-ring (bicyclic) bond motifs is 1. The molecule has 1 aromatic heterocycles. The van der Waals surface area contributed by atoms with Gasteiger partial charge < -0.3 is 4.52 Å². The molecule has 0 bridgehead atoms. The Morgan fingerprint density at radius 2 is 1.89 bits per heavy atom. The zero-order chi connectivity index (χ0) is 13.2. The van der Waals surface area contributed by atoms with Gasteiger partial charge in [0.2, 0.25) is 0 Å². The van der Waals surface area contributed by atoms with E-state index in [4.69, 9.17) is 16.1 Å². The van der Waals surface area contributed by atoms with E-state index in [9.17, 15) is 0 Å². The first-order valence-electron chi connectivity index (χ1n) is 5.98. The van der Waals surface area contributed by atoms with Crippen LogP contribution in [0.5, 0.6) is 0 Å². The molecule has 0 unspecified atom stereocenters. The number of benzene rings is 2. The highest BCUT2D eigenvalue weighted by Crippen LogP contribution is 2.29. The highest BCUT2D eigenvalue weighted by Gasteiger charge is 2.10. The highest BCUT2D eigenvalue weighted by atomic mass is 79.9. The van der Waals surface area contributed by atoms with E-state index in [1.54, 1.807) is 0 Å². The third-order valence-corrected chi connectivity index (χ3v) is 3.68. The van der Waals surface area contributed by atoms with Gasteiger partial charge in [-0.05, 0) is 36.2 Å². The Bertz CT molecular complexity index is 706. The number of alkyl halides is 1. The van der Waals surface area contributed by atoms with Crippen molar-refractivity contribution in [2.24, 2.45) is 0 Å². The molecule has 0 aliphatic heterocycles. The summed E-state index contributed by atoms with van der Waals surface area (Å²) in [5.41, 5.74) is 3.95. The van der Waals surface area contributed by atoms with Gasteiger partial charge >= 0.3 is 0 Å². The van der Waals surface area contributed by atoms with Crippen molar-refractivity contribution in [2.75, 3.05) is 5.33 Å². The fourth-order valence-electron chi connectivity index (χ4n) is 2.07. The van der Waals surface area contributed by atoms with Crippen LogP contribution in [0.1, 0.15) is 5.56 Å². The van der Waals surface area contributed by atoms with Crippen molar-refractivity contribution in [3.05, 3.63) is 53.1 Å². The van der Waals surface area contributed by atoms with E-state index in [0.29, 0.717) is 0 Å². The van der Waals surface area contributed by atoms with Gasteiger partial charge in [-0.25, -0.2) is 0 Å². The van der Waals surface area contributed by atoms with Crippen molar-refractivity contribution in [1.29, 1.82) is 0 Å². The number of aromatic nitrogens is 1. The third kappa shape index (κ3) is 2.53. The number of hydrogen-bond acceptors (Lipinski definition) is 2. The molecular weight excluding hydrogens is 326 g/mol. The van der Waals surface area contributed by atoms with E-state index in [0.717, 1.165) is 39.0 Å². The minimum Gasteiger partial charge on any atom is -0.356 e. The van der Waals surface area contributed by atoms with Crippen LogP contribution in [0.3, 0.4) is 0 Å². The van der Waals surface area contributed by atoms with Crippen molar-refractivity contribution in [1.82, 2.24) is 5.16 Å². The average molecular weight is 337 g/mol. The molecule has 0 saturated heterocycles. The number of hydrogen-bond donors (Lipinski definition) is 0. The Hall–Kier alpha value is -1.32. The maximum absolute atomic E-state index is 5.91. The van der Waals surface area contributed by atoms with Crippen LogP contribution in [0.25, 0.3) is 22.2 Å². The monoisotopic (exact) mass is 335 g/mol. The van der Waals surface area contributed by atoms with Crippen molar-refractivity contribution in [2.45, 2.75) is 6.42 Å². The lowest BCUT2D eigenvalue weighted by Crippen LogP contribution is -1.85. The van der Waals surface area contributed by atoms with Gasteiger partial charge in [0.1, 0.15) is 5.69 Å². The summed E-state index contributed by atoms with van der Waals surface area (Å²) in [6.07, 6.45) is 0.987. The normalized spacial score (nSPS) is 11.1. The Balaban J connectivity index is 2.12. The van der Waals surface area contributed by atoms with Crippen molar-refractivity contribution in [3.63, 3.8) is 0 Å². The molecule has 0 spiro atoms. The van der Waals surface area contributed by atoms with Gasteiger partial charge in [0, 0.05) is 21.3 Å². The maximum Gasteiger partial charge on any atom is 0.167 e. The molecule has 0 radical (unpaired) electrons. The van der Waals surface area contributed by atoms with Gasteiger partial charge in [-0.2, -0.15) is 0 Å². The minimum absolute atomic E-state index is 0.719. The molecule has 0 amide bonds. The molecule has 4 heteroatoms. The summed E-state index contributed by atoms with van der Waals surface area (Å²) in [6, 6.07) is 13.8. The molecule has 1 heterocycles. The Morgan fingerprint density at radius 3 is 2.63 bits per heavy atom. The first-order valence-corrected chi connectivity index (χ1v) is 7.48. The molecule has 96 valence electrons. The van der Waals surface area contributed by atoms with E-state index in [1.165, 1.54) is 5.56 Å². The molecular formula is C15H11BrClNO. The zero-order valence-electron chi connectivity index (χ0n) is 10.1. The Labute approximate surface area is 124 Å². The lowest BCUT2D eigenvalue weighted by atomic mass is 10.0. The van der Waals surface area contributed by atoms with Crippen molar-refractivity contribution < 1.29 is 4.52 Å². The summed E-state index contributed by atoms with van der Waals surface area (Å²) in [4.78, 5) is 0. The first-order chi connectivity index (χ1) is 9.28. The number of aryl methyl sites for hydroxylation is 1. The third-order valence-electron chi connectivity index (χ3n) is 3.04. The van der Waals surface area contributed by atoms with Crippen molar-refractivity contribution in [3.8, 4) is 11.3 Å². The highest BCUT2D eigenvalue weighted by molar-refractivity contribution is 9.09. The lowest BCUT2D eigenvalue weighted by Gasteiger charge is -1.99. The zero-order valence-corrected chi connectivity index (χ0v) is 12.4. The molecule has 2 aromatic carbocycles. The predicted molar refractivity (Wildman–Crippen MR) is 82.0 cm³/mol. The molecule has 0 aliphatic rings. The number of halogens is 2. The van der Waals surface area contributed by atoms with Crippen molar-refractivity contribution >= 4 is 38.5 Å². The van der Waals surface area contributed by atoms with Gasteiger partial charge in [-0.1, -0.05) is 50.9 Å². The molecule has 0 saturated carbocycles. The Kier molecular flexibility index (Phi) is 3.58. The van der Waals surface area contributed by atoms with E-state index >= 15 is 0 Å². The smallest absolute Gasteiger partial charge is 0.167 e. The summed E-state index contributed by atoms with van der Waals surface area (Å²) in [5.74, 6) is 0. The van der Waals surface area contributed by atoms with E-state index < -0.39 is 0 Å². The van der Waals surface area contributed by atoms with Crippen LogP contribution in [-0.2, 0) is 6.42 Å². The van der Waals surface area contributed by atoms with E-state index in [2.05, 4.69) is 33.2 Å². The molecule has 0 N–H and O–H groups in total. The standard InChI is InChI=1S/C15H11BrClNO/c16-8-7-10-1-6-14-13(9-10)15(18-19-14)11-2-4-12(17)5-3-11/h1-6,9H,7-8H2. The van der Waals surface area contributed by atoms with E-state index in [1.807, 2.05) is 30.3 Å². The van der Waals surface area contributed by atoms with Crippen LogP contribution in [-0.4, -0.2) is 10.5 Å². The predicted octanol–water partition coefficient (Wildman–Crippen LogP) is 5.09. The molecule has 3 rings (SSSR count). The van der Waals surface area contributed by atoms with Gasteiger partial charge in [0.25, 0.3) is 0 Å². The van der Waals surface area contributed by atoms with Crippen LogP contribution in [0, 0.1) is 0 Å². The largest absolute Gasteiger partial charge is 0.356 e. The summed E-state index contributed by atoms with van der Waals surface area (Å²) in [5, 5.41) is 6.87. The van der Waals surface area contributed by atoms with E-state index in [-0.39, 0.29) is 0 Å². The summed E-state index contributed by atoms with van der Waals surface area (Å²) in [7, 11) is 0. The molecule has 0 fully saturated rings. The fraction of sp³-hybridized carbons (Fsp3) is 0.133. The topological polar surface area (TPSA) is 26.0 Å². The second-order valence-electron chi connectivity index (χ2n) is 4.31. The Morgan fingerprint density at radius 1 is 1.11 bits per heavy atom. The van der Waals surface area contributed by atoms with Gasteiger partial charge in [-0.3, -0.25) is 0 Å². The molecule has 2 nitrogen and oxygen atoms in total. The van der Waals surface area contributed by atoms with Crippen LogP contribution in [0.4, 0.5) is 0 Å². The molecule has 19 heavy (non-hydrogen) atoms. The van der Waals surface area contributed by atoms with Crippen LogP contribution >= 0.6 is 27.5 Å². The van der Waals surface area contributed by atoms with Gasteiger partial charge in [-0.15, -0.1) is 0 Å². The number of rotatable bonds is 3.